The molecule has 0 radical (unpaired) electrons. The number of benzene rings is 1. The molecule has 272 valence electrons. The Bertz CT molecular complexity index is 1590. The summed E-state index contributed by atoms with van der Waals surface area (Å²) in [7, 11) is 1.53. The van der Waals surface area contributed by atoms with Crippen LogP contribution >= 0.6 is 25.1 Å². The average Bonchev–Trinajstić information content (AvgIpc) is 3.05. The maximum Gasteiger partial charge on any atom is 0.0348 e. The fourth-order valence-corrected chi connectivity index (χ4v) is 22.9. The number of aromatic nitrogens is 2. The SMILES string of the molecule is CC(C)(C)C12CC3CC(CC(PC(PC45CC6CC(C4)CC(C(C)(C)C)(C6)C5)c4ccccc4CP(c4cccnc4)c4cccnc4)(C3)C1)C2. The van der Waals surface area contributed by atoms with Crippen LogP contribution in [-0.2, 0) is 6.16 Å². The molecule has 8 aliphatic carbocycles. The van der Waals surface area contributed by atoms with Crippen molar-refractivity contribution >= 4 is 35.7 Å². The third-order valence-corrected chi connectivity index (χ3v) is 22.7. The van der Waals surface area contributed by atoms with Crippen LogP contribution < -0.4 is 10.6 Å². The molecular formula is C46H63N2P3. The van der Waals surface area contributed by atoms with E-state index in [1.165, 1.54) is 87.7 Å². The first-order chi connectivity index (χ1) is 24.3. The van der Waals surface area contributed by atoms with E-state index in [0.717, 1.165) is 47.0 Å². The quantitative estimate of drug-likeness (QED) is 0.204. The molecule has 6 atom stereocenters. The van der Waals surface area contributed by atoms with E-state index in [1.807, 2.05) is 12.4 Å². The number of pyridine rings is 2. The van der Waals surface area contributed by atoms with Gasteiger partial charge in [-0.1, -0.05) is 77.9 Å². The highest BCUT2D eigenvalue weighted by Crippen LogP contribution is 2.78. The predicted molar refractivity (Wildman–Crippen MR) is 223 cm³/mol. The molecule has 0 saturated heterocycles. The molecule has 0 N–H and O–H groups in total. The van der Waals surface area contributed by atoms with Crippen molar-refractivity contribution < 1.29 is 0 Å². The first kappa shape index (κ1) is 35.5. The summed E-state index contributed by atoms with van der Waals surface area (Å²) in [6, 6.07) is 18.8. The van der Waals surface area contributed by atoms with Gasteiger partial charge in [-0.2, -0.15) is 0 Å². The summed E-state index contributed by atoms with van der Waals surface area (Å²) in [5, 5.41) is 4.53. The maximum absolute atomic E-state index is 4.63. The summed E-state index contributed by atoms with van der Waals surface area (Å²) in [6.07, 6.45) is 27.3. The zero-order valence-corrected chi connectivity index (χ0v) is 35.2. The van der Waals surface area contributed by atoms with Gasteiger partial charge in [0.1, 0.15) is 0 Å². The highest BCUT2D eigenvalue weighted by atomic mass is 31.1. The molecule has 8 bridgehead atoms. The van der Waals surface area contributed by atoms with Gasteiger partial charge < -0.3 is 0 Å². The van der Waals surface area contributed by atoms with Crippen molar-refractivity contribution in [1.29, 1.82) is 0 Å². The monoisotopic (exact) mass is 736 g/mol. The van der Waals surface area contributed by atoms with E-state index in [-0.39, 0.29) is 0 Å². The van der Waals surface area contributed by atoms with Gasteiger partial charge in [0.15, 0.2) is 0 Å². The Morgan fingerprint density at radius 3 is 1.49 bits per heavy atom. The van der Waals surface area contributed by atoms with Gasteiger partial charge in [-0.3, -0.25) is 9.97 Å². The van der Waals surface area contributed by atoms with E-state index in [1.54, 1.807) is 11.1 Å². The number of rotatable bonds is 9. The van der Waals surface area contributed by atoms with Gasteiger partial charge in [0, 0.05) is 36.3 Å². The minimum atomic E-state index is -0.598. The third kappa shape index (κ3) is 6.35. The smallest absolute Gasteiger partial charge is 0.0348 e. The minimum absolute atomic E-state index is 0.401. The van der Waals surface area contributed by atoms with Crippen LogP contribution in [0.15, 0.2) is 73.3 Å². The van der Waals surface area contributed by atoms with E-state index in [4.69, 9.17) is 0 Å². The van der Waals surface area contributed by atoms with Crippen molar-refractivity contribution in [2.75, 3.05) is 0 Å². The number of nitrogens with zero attached hydrogens (tertiary/aromatic N) is 2. The van der Waals surface area contributed by atoms with E-state index in [0.29, 0.717) is 37.4 Å². The van der Waals surface area contributed by atoms with Gasteiger partial charge in [0.05, 0.1) is 0 Å². The molecule has 8 aliphatic rings. The van der Waals surface area contributed by atoms with Gasteiger partial charge in [0.25, 0.3) is 0 Å². The van der Waals surface area contributed by atoms with Crippen LogP contribution in [0, 0.1) is 45.3 Å². The van der Waals surface area contributed by atoms with Gasteiger partial charge in [-0.05, 0) is 174 Å². The molecule has 0 spiro atoms. The molecule has 8 fully saturated rings. The summed E-state index contributed by atoms with van der Waals surface area (Å²) in [5.74, 6) is 3.85. The predicted octanol–water partition coefficient (Wildman–Crippen LogP) is 12.2. The van der Waals surface area contributed by atoms with Crippen molar-refractivity contribution in [2.45, 2.75) is 140 Å². The lowest BCUT2D eigenvalue weighted by Crippen LogP contribution is -2.58. The van der Waals surface area contributed by atoms with Crippen LogP contribution in [0.5, 0.6) is 0 Å². The van der Waals surface area contributed by atoms with Gasteiger partial charge in [-0.25, -0.2) is 0 Å². The van der Waals surface area contributed by atoms with Crippen molar-refractivity contribution in [1.82, 2.24) is 9.97 Å². The first-order valence-corrected chi connectivity index (χ1v) is 24.2. The topological polar surface area (TPSA) is 25.8 Å². The molecule has 1 aromatic carbocycles. The van der Waals surface area contributed by atoms with Crippen LogP contribution in [0.25, 0.3) is 0 Å². The zero-order chi connectivity index (χ0) is 35.3. The molecule has 0 amide bonds. The van der Waals surface area contributed by atoms with Crippen LogP contribution in [0.1, 0.15) is 135 Å². The number of hydrogen-bond donors (Lipinski definition) is 0. The maximum atomic E-state index is 4.63. The summed E-state index contributed by atoms with van der Waals surface area (Å²) in [4.78, 5) is 9.25. The van der Waals surface area contributed by atoms with E-state index >= 15 is 0 Å². The minimum Gasteiger partial charge on any atom is -0.264 e. The normalized spacial score (nSPS) is 37.8. The van der Waals surface area contributed by atoms with Crippen molar-refractivity contribution in [3.8, 4) is 0 Å². The second kappa shape index (κ2) is 12.7. The molecule has 2 nitrogen and oxygen atoms in total. The largest absolute Gasteiger partial charge is 0.264 e. The van der Waals surface area contributed by atoms with Crippen molar-refractivity contribution in [3.05, 3.63) is 84.4 Å². The number of hydrogen-bond acceptors (Lipinski definition) is 2. The summed E-state index contributed by atoms with van der Waals surface area (Å²) in [5.41, 5.74) is 5.24. The second-order valence-corrected chi connectivity index (χ2v) is 27.6. The zero-order valence-electron chi connectivity index (χ0n) is 32.3. The van der Waals surface area contributed by atoms with Crippen LogP contribution in [-0.4, -0.2) is 20.3 Å². The van der Waals surface area contributed by atoms with Crippen molar-refractivity contribution in [2.24, 2.45) is 45.3 Å². The molecule has 0 aliphatic heterocycles. The Morgan fingerprint density at radius 1 is 0.627 bits per heavy atom. The Hall–Kier alpha value is -1.19. The van der Waals surface area contributed by atoms with Crippen LogP contribution in [0.4, 0.5) is 0 Å². The van der Waals surface area contributed by atoms with E-state index in [2.05, 4.69) is 112 Å². The lowest BCUT2D eigenvalue weighted by molar-refractivity contribution is -0.103. The Balaban J connectivity index is 1.12. The molecule has 2 heterocycles. The summed E-state index contributed by atoms with van der Waals surface area (Å²) >= 11 is 0. The lowest BCUT2D eigenvalue weighted by Gasteiger charge is -2.68. The first-order valence-electron chi connectivity index (χ1n) is 20.5. The molecule has 11 rings (SSSR count). The lowest BCUT2D eigenvalue weighted by atomic mass is 9.43. The van der Waals surface area contributed by atoms with Gasteiger partial charge in [-0.15, -0.1) is 17.2 Å². The molecule has 8 saturated carbocycles. The fraction of sp³-hybridized carbons (Fsp3) is 0.652. The highest BCUT2D eigenvalue weighted by Gasteiger charge is 2.64. The Labute approximate surface area is 314 Å². The summed E-state index contributed by atoms with van der Waals surface area (Å²) in [6.45, 7) is 15.6. The molecule has 6 unspecified atom stereocenters. The standard InChI is InChI=1S/C46H63N2P3/c1-41(2,3)43-19-32-17-33(20-43)24-45(23-32,30-43)49-40(50-46-25-34-18-35(26-46)22-44(21-34,31-46)42(4,5)6)39-14-8-7-11-36(39)29-51(37-12-9-15-47-27-37)38-13-10-16-48-28-38/h7-16,27-28,32-35,40,49-50H,17-26,29-31H2,1-6H3. The molecule has 3 aromatic rings. The van der Waals surface area contributed by atoms with Crippen LogP contribution in [0.3, 0.4) is 0 Å². The Kier molecular flexibility index (Phi) is 8.83. The average molecular weight is 737 g/mol. The van der Waals surface area contributed by atoms with E-state index in [9.17, 15) is 0 Å². The third-order valence-electron chi connectivity index (χ3n) is 15.8. The van der Waals surface area contributed by atoms with Crippen molar-refractivity contribution in [3.63, 3.8) is 0 Å². The Morgan fingerprint density at radius 2 is 1.08 bits per heavy atom. The summed E-state index contributed by atoms with van der Waals surface area (Å²) < 4.78 is 0. The molecular weight excluding hydrogens is 673 g/mol. The second-order valence-electron chi connectivity index (χ2n) is 21.0. The van der Waals surface area contributed by atoms with Gasteiger partial charge in [0.2, 0.25) is 0 Å². The highest BCUT2D eigenvalue weighted by molar-refractivity contribution is 7.72. The molecule has 5 heteroatoms. The van der Waals surface area contributed by atoms with Crippen LogP contribution in [0.2, 0.25) is 0 Å². The van der Waals surface area contributed by atoms with Gasteiger partial charge >= 0.3 is 0 Å². The van der Waals surface area contributed by atoms with E-state index < -0.39 is 7.92 Å². The molecule has 2 aromatic heterocycles. The fourth-order valence-electron chi connectivity index (χ4n) is 13.9. The molecule has 51 heavy (non-hydrogen) atoms.